The van der Waals surface area contributed by atoms with E-state index in [-0.39, 0.29) is 24.9 Å². The van der Waals surface area contributed by atoms with Crippen molar-refractivity contribution in [3.8, 4) is 0 Å². The highest BCUT2D eigenvalue weighted by molar-refractivity contribution is 5.78. The van der Waals surface area contributed by atoms with Gasteiger partial charge in [-0.05, 0) is 70.3 Å². The number of rotatable bonds is 42. The van der Waals surface area contributed by atoms with Crippen LogP contribution in [0.25, 0.3) is 0 Å². The highest BCUT2D eigenvalue weighted by atomic mass is 16.5. The van der Waals surface area contributed by atoms with E-state index in [9.17, 15) is 19.8 Å². The second-order valence-corrected chi connectivity index (χ2v) is 16.2. The summed E-state index contributed by atoms with van der Waals surface area (Å²) < 4.78 is 5.81. The normalized spacial score (nSPS) is 14.2. The van der Waals surface area contributed by atoms with Crippen molar-refractivity contribution in [3.05, 3.63) is 97.2 Å². The number of carbonyl (C=O) groups is 2. The Morgan fingerprint density at radius 3 is 1.53 bits per heavy atom. The van der Waals surface area contributed by atoms with Crippen LogP contribution in [0.2, 0.25) is 0 Å². The predicted octanol–water partition coefficient (Wildman–Crippen LogP) is 14.6. The zero-order valence-corrected chi connectivity index (χ0v) is 38.8. The minimum absolute atomic E-state index is 0.0559. The van der Waals surface area contributed by atoms with Crippen molar-refractivity contribution in [3.63, 3.8) is 0 Å². The lowest BCUT2D eigenvalue weighted by Gasteiger charge is -2.23. The number of allylic oxidation sites excluding steroid dienone is 15. The molecule has 0 saturated carbocycles. The van der Waals surface area contributed by atoms with Gasteiger partial charge in [-0.1, -0.05) is 221 Å². The maximum absolute atomic E-state index is 13.1. The summed E-state index contributed by atoms with van der Waals surface area (Å²) in [6.45, 7) is 6.18. The van der Waals surface area contributed by atoms with Crippen molar-refractivity contribution in [1.82, 2.24) is 5.32 Å². The van der Waals surface area contributed by atoms with Crippen molar-refractivity contribution < 1.29 is 24.5 Å². The molecule has 0 aromatic carbocycles. The number of hydrogen-bond acceptors (Lipinski definition) is 5. The third kappa shape index (κ3) is 41.5. The number of carbonyl (C=O) groups excluding carboxylic acids is 2. The fraction of sp³-hybridized carbons (Fsp3) is 0.667. The van der Waals surface area contributed by atoms with E-state index in [1.54, 1.807) is 6.08 Å². The molecule has 3 unspecified atom stereocenters. The average molecular weight is 834 g/mol. The zero-order chi connectivity index (χ0) is 43.8. The zero-order valence-electron chi connectivity index (χ0n) is 38.8. The van der Waals surface area contributed by atoms with Gasteiger partial charge < -0.3 is 20.3 Å². The quantitative estimate of drug-likeness (QED) is 0.0246. The van der Waals surface area contributed by atoms with E-state index < -0.39 is 18.2 Å². The lowest BCUT2D eigenvalue weighted by molar-refractivity contribution is -0.148. The van der Waals surface area contributed by atoms with Crippen molar-refractivity contribution in [1.29, 1.82) is 0 Å². The molecule has 0 bridgehead atoms. The van der Waals surface area contributed by atoms with Crippen molar-refractivity contribution in [2.45, 2.75) is 225 Å². The Balaban J connectivity index is 4.78. The number of hydrogen-bond donors (Lipinski definition) is 3. The largest absolute Gasteiger partial charge is 0.458 e. The minimum Gasteiger partial charge on any atom is -0.458 e. The third-order valence-electron chi connectivity index (χ3n) is 10.5. The Labute approximate surface area is 369 Å². The topological polar surface area (TPSA) is 95.9 Å². The van der Waals surface area contributed by atoms with E-state index in [0.29, 0.717) is 19.3 Å². The first-order valence-corrected chi connectivity index (χ1v) is 24.5. The lowest BCUT2D eigenvalue weighted by Crippen LogP contribution is -2.46. The molecule has 0 fully saturated rings. The molecule has 0 rings (SSSR count). The fourth-order valence-corrected chi connectivity index (χ4v) is 6.80. The molecule has 0 radical (unpaired) electrons. The molecule has 0 aliphatic rings. The lowest BCUT2D eigenvalue weighted by atomic mass is 10.0. The summed E-state index contributed by atoms with van der Waals surface area (Å²) in [7, 11) is 0. The smallest absolute Gasteiger partial charge is 0.306 e. The maximum Gasteiger partial charge on any atom is 0.306 e. The molecule has 60 heavy (non-hydrogen) atoms. The SMILES string of the molecule is CC/C=C/C=C/C=C/CCCCCCCCCC(=O)OC(/C=C/C/C=C/C/C=C/C/C=C/C/C=C/CC)CC(=O)NC(CO)C(O)CCCCCCCCCCCCCC. The van der Waals surface area contributed by atoms with Crippen LogP contribution in [0.15, 0.2) is 97.2 Å². The first-order chi connectivity index (χ1) is 29.5. The van der Waals surface area contributed by atoms with Crippen LogP contribution in [0.4, 0.5) is 0 Å². The van der Waals surface area contributed by atoms with Gasteiger partial charge in [0.05, 0.1) is 25.2 Å². The molecule has 6 nitrogen and oxygen atoms in total. The van der Waals surface area contributed by atoms with Gasteiger partial charge in [0.1, 0.15) is 6.10 Å². The molecule has 0 saturated heterocycles. The third-order valence-corrected chi connectivity index (χ3v) is 10.5. The Kier molecular flexibility index (Phi) is 44.3. The Hall–Kier alpha value is -3.22. The van der Waals surface area contributed by atoms with Crippen LogP contribution in [0.3, 0.4) is 0 Å². The maximum atomic E-state index is 13.1. The molecule has 0 aliphatic heterocycles. The van der Waals surface area contributed by atoms with Crippen LogP contribution in [0.5, 0.6) is 0 Å². The van der Waals surface area contributed by atoms with Gasteiger partial charge in [-0.15, -0.1) is 0 Å². The first kappa shape index (κ1) is 56.8. The molecule has 342 valence electrons. The van der Waals surface area contributed by atoms with Crippen LogP contribution in [-0.2, 0) is 14.3 Å². The van der Waals surface area contributed by atoms with E-state index >= 15 is 0 Å². The van der Waals surface area contributed by atoms with Gasteiger partial charge in [-0.3, -0.25) is 9.59 Å². The van der Waals surface area contributed by atoms with Crippen molar-refractivity contribution >= 4 is 11.9 Å². The van der Waals surface area contributed by atoms with Crippen molar-refractivity contribution in [2.75, 3.05) is 6.61 Å². The van der Waals surface area contributed by atoms with Gasteiger partial charge in [0.2, 0.25) is 5.91 Å². The number of aliphatic hydroxyl groups excluding tert-OH is 2. The molecular formula is C54H91NO5. The van der Waals surface area contributed by atoms with E-state index in [2.05, 4.69) is 111 Å². The Morgan fingerprint density at radius 1 is 0.533 bits per heavy atom. The van der Waals surface area contributed by atoms with Gasteiger partial charge in [-0.25, -0.2) is 0 Å². The van der Waals surface area contributed by atoms with Gasteiger partial charge in [0, 0.05) is 6.42 Å². The number of esters is 1. The summed E-state index contributed by atoms with van der Waals surface area (Å²) in [5.74, 6) is -0.650. The van der Waals surface area contributed by atoms with Gasteiger partial charge in [-0.2, -0.15) is 0 Å². The molecule has 1 amide bonds. The molecule has 0 heterocycles. The molecule has 3 atom stereocenters. The van der Waals surface area contributed by atoms with Crippen LogP contribution >= 0.6 is 0 Å². The van der Waals surface area contributed by atoms with E-state index in [0.717, 1.165) is 77.0 Å². The number of amides is 1. The second-order valence-electron chi connectivity index (χ2n) is 16.2. The first-order valence-electron chi connectivity index (χ1n) is 24.5. The molecule has 0 aromatic rings. The molecule has 0 aliphatic carbocycles. The van der Waals surface area contributed by atoms with Crippen LogP contribution in [0, 0.1) is 0 Å². The summed E-state index contributed by atoms with van der Waals surface area (Å²) >= 11 is 0. The van der Waals surface area contributed by atoms with Crippen LogP contribution in [-0.4, -0.2) is 46.9 Å². The number of unbranched alkanes of at least 4 members (excludes halogenated alkanes) is 18. The predicted molar refractivity (Wildman–Crippen MR) is 259 cm³/mol. The number of aliphatic hydroxyl groups is 2. The summed E-state index contributed by atoms with van der Waals surface area (Å²) in [5, 5.41) is 23.6. The summed E-state index contributed by atoms with van der Waals surface area (Å²) in [4.78, 5) is 26.0. The molecule has 0 aromatic heterocycles. The summed E-state index contributed by atoms with van der Waals surface area (Å²) in [6.07, 6.45) is 62.1. The molecule has 0 spiro atoms. The van der Waals surface area contributed by atoms with Crippen LogP contribution < -0.4 is 5.32 Å². The highest BCUT2D eigenvalue weighted by Crippen LogP contribution is 2.15. The van der Waals surface area contributed by atoms with Gasteiger partial charge in [0.25, 0.3) is 0 Å². The van der Waals surface area contributed by atoms with Gasteiger partial charge >= 0.3 is 5.97 Å². The van der Waals surface area contributed by atoms with E-state index in [4.69, 9.17) is 4.74 Å². The minimum atomic E-state index is -0.825. The monoisotopic (exact) mass is 834 g/mol. The molecule has 3 N–H and O–H groups in total. The number of nitrogens with one attached hydrogen (secondary N) is 1. The average Bonchev–Trinajstić information content (AvgIpc) is 3.24. The highest BCUT2D eigenvalue weighted by Gasteiger charge is 2.23. The fourth-order valence-electron chi connectivity index (χ4n) is 6.80. The van der Waals surface area contributed by atoms with E-state index in [1.165, 1.54) is 83.5 Å². The summed E-state index contributed by atoms with van der Waals surface area (Å²) in [5.41, 5.74) is 0. The number of ether oxygens (including phenoxy) is 1. The standard InChI is InChI=1S/C54H91NO5/c1-4-7-10-13-16-19-22-25-27-29-32-35-38-41-44-47-54(59)60-50(45-42-39-36-33-30-28-26-23-20-17-14-11-8-5-2)48-53(58)55-51(49-56)52(57)46-43-40-37-34-31-24-21-18-15-12-9-6-3/h7-8,10-11,13,16-17,19-20,22,26,28,33,36,42,45,50-52,56-57H,4-6,9,12,14-15,18,21,23-25,27,29-32,34-35,37-41,43-44,46-49H2,1-3H3,(H,55,58)/b10-7+,11-8+,16-13+,20-17+,22-19+,28-26+,36-33+,45-42+. The van der Waals surface area contributed by atoms with E-state index in [1.807, 2.05) is 6.08 Å². The Bertz CT molecular complexity index is 1210. The second kappa shape index (κ2) is 46.8. The van der Waals surface area contributed by atoms with Crippen LogP contribution in [0.1, 0.15) is 207 Å². The van der Waals surface area contributed by atoms with Gasteiger partial charge in [0.15, 0.2) is 0 Å². The van der Waals surface area contributed by atoms with Crippen molar-refractivity contribution in [2.24, 2.45) is 0 Å². The molecular weight excluding hydrogens is 743 g/mol. The Morgan fingerprint density at radius 2 is 1.00 bits per heavy atom. The summed E-state index contributed by atoms with van der Waals surface area (Å²) in [6, 6.07) is -0.749. The molecule has 6 heteroatoms.